The average Bonchev–Trinajstić information content (AvgIpc) is 3.01. The van der Waals surface area contributed by atoms with Crippen molar-refractivity contribution in [1.82, 2.24) is 10.3 Å². The van der Waals surface area contributed by atoms with Crippen molar-refractivity contribution in [3.63, 3.8) is 0 Å². The molecular formula is C16H16FN3O2S. The van der Waals surface area contributed by atoms with Gasteiger partial charge in [-0.05, 0) is 24.6 Å². The summed E-state index contributed by atoms with van der Waals surface area (Å²) in [5.74, 6) is 2.35. The fourth-order valence-corrected chi connectivity index (χ4v) is 2.77. The summed E-state index contributed by atoms with van der Waals surface area (Å²) in [6.45, 7) is 1.82. The summed E-state index contributed by atoms with van der Waals surface area (Å²) in [6, 6.07) is 5.48. The Bertz CT molecular complexity index is 724. The Balaban J connectivity index is 2.21. The van der Waals surface area contributed by atoms with Gasteiger partial charge in [-0.3, -0.25) is 5.32 Å². The molecule has 7 heteroatoms. The van der Waals surface area contributed by atoms with E-state index in [4.69, 9.17) is 11.5 Å². The topological polar surface area (TPSA) is 74.2 Å². The van der Waals surface area contributed by atoms with E-state index >= 15 is 0 Å². The van der Waals surface area contributed by atoms with E-state index in [-0.39, 0.29) is 19.0 Å². The largest absolute Gasteiger partial charge is 0.395 e. The number of aromatic nitrogens is 1. The highest BCUT2D eigenvalue weighted by Crippen LogP contribution is 2.33. The number of hydrogen-bond donors (Lipinski definition) is 3. The van der Waals surface area contributed by atoms with Crippen LogP contribution >= 0.6 is 11.3 Å². The minimum Gasteiger partial charge on any atom is -0.395 e. The van der Waals surface area contributed by atoms with Gasteiger partial charge in [0.25, 0.3) is 0 Å². The minimum atomic E-state index is -0.828. The lowest BCUT2D eigenvalue weighted by Crippen LogP contribution is -2.31. The summed E-state index contributed by atoms with van der Waals surface area (Å²) < 4.78 is 13.1. The molecule has 0 aliphatic carbocycles. The maximum absolute atomic E-state index is 13.1. The van der Waals surface area contributed by atoms with Gasteiger partial charge in [0.1, 0.15) is 5.82 Å². The van der Waals surface area contributed by atoms with Crippen LogP contribution in [0.5, 0.6) is 0 Å². The maximum Gasteiger partial charge on any atom is 0.321 e. The predicted octanol–water partition coefficient (Wildman–Crippen LogP) is 2.34. The van der Waals surface area contributed by atoms with Crippen LogP contribution in [-0.2, 0) is 5.41 Å². The molecular weight excluding hydrogens is 317 g/mol. The third-order valence-electron chi connectivity index (χ3n) is 3.34. The highest BCUT2D eigenvalue weighted by Gasteiger charge is 2.29. The van der Waals surface area contributed by atoms with Gasteiger partial charge in [0, 0.05) is 11.9 Å². The third-order valence-corrected chi connectivity index (χ3v) is 4.10. The van der Waals surface area contributed by atoms with Crippen LogP contribution in [0, 0.1) is 18.2 Å². The monoisotopic (exact) mass is 333 g/mol. The summed E-state index contributed by atoms with van der Waals surface area (Å²) >= 11 is 1.24. The highest BCUT2D eigenvalue weighted by molar-refractivity contribution is 7.14. The lowest BCUT2D eigenvalue weighted by Gasteiger charge is -2.22. The molecule has 2 amide bonds. The molecule has 1 atom stereocenters. The second-order valence-electron chi connectivity index (χ2n) is 4.92. The van der Waals surface area contributed by atoms with Crippen molar-refractivity contribution in [1.29, 1.82) is 0 Å². The number of anilines is 1. The van der Waals surface area contributed by atoms with E-state index in [0.717, 1.165) is 5.56 Å². The first-order valence-corrected chi connectivity index (χ1v) is 7.73. The van der Waals surface area contributed by atoms with Crippen LogP contribution in [0.2, 0.25) is 0 Å². The number of rotatable bonds is 5. The molecule has 0 spiro atoms. The highest BCUT2D eigenvalue weighted by atomic mass is 32.1. The summed E-state index contributed by atoms with van der Waals surface area (Å²) in [5, 5.41) is 15.8. The first kappa shape index (κ1) is 16.9. The number of hydrogen-bond acceptors (Lipinski definition) is 4. The van der Waals surface area contributed by atoms with Crippen molar-refractivity contribution in [2.75, 3.05) is 18.5 Å². The zero-order valence-corrected chi connectivity index (χ0v) is 13.3. The Morgan fingerprint density at radius 2 is 2.17 bits per heavy atom. The molecule has 0 bridgehead atoms. The normalized spacial score (nSPS) is 13.0. The van der Waals surface area contributed by atoms with Crippen molar-refractivity contribution >= 4 is 22.5 Å². The number of urea groups is 1. The molecule has 120 valence electrons. The van der Waals surface area contributed by atoms with Gasteiger partial charge in [-0.25, -0.2) is 14.2 Å². The zero-order valence-electron chi connectivity index (χ0n) is 12.5. The van der Waals surface area contributed by atoms with Gasteiger partial charge in [-0.2, -0.15) is 0 Å². The van der Waals surface area contributed by atoms with Gasteiger partial charge in [-0.1, -0.05) is 18.1 Å². The first-order chi connectivity index (χ1) is 11.0. The van der Waals surface area contributed by atoms with Crippen LogP contribution in [0.1, 0.15) is 18.2 Å². The van der Waals surface area contributed by atoms with E-state index in [0.29, 0.717) is 10.8 Å². The molecule has 2 aromatic rings. The van der Waals surface area contributed by atoms with Crippen LogP contribution in [0.15, 0.2) is 29.6 Å². The molecule has 1 aromatic heterocycles. The molecule has 0 saturated heterocycles. The summed E-state index contributed by atoms with van der Waals surface area (Å²) in [6.07, 6.45) is 5.68. The SMILES string of the molecule is C#CC(C)(c1ccc(F)cc1)c1csc(NC(=O)NCCO)n1. The smallest absolute Gasteiger partial charge is 0.321 e. The fraction of sp³-hybridized carbons (Fsp3) is 0.250. The number of aliphatic hydroxyl groups excluding tert-OH is 1. The van der Waals surface area contributed by atoms with E-state index in [9.17, 15) is 9.18 Å². The molecule has 1 heterocycles. The lowest BCUT2D eigenvalue weighted by atomic mass is 9.81. The Hall–Kier alpha value is -2.43. The van der Waals surface area contributed by atoms with Gasteiger partial charge in [0.15, 0.2) is 5.13 Å². The number of aliphatic hydroxyl groups is 1. The minimum absolute atomic E-state index is 0.143. The van der Waals surface area contributed by atoms with Crippen LogP contribution in [-0.4, -0.2) is 29.3 Å². The molecule has 0 aliphatic heterocycles. The van der Waals surface area contributed by atoms with E-state index in [1.807, 2.05) is 6.92 Å². The summed E-state index contributed by atoms with van der Waals surface area (Å²) in [4.78, 5) is 15.9. The van der Waals surface area contributed by atoms with Gasteiger partial charge < -0.3 is 10.4 Å². The molecule has 1 aromatic carbocycles. The number of thiazole rings is 1. The molecule has 2 rings (SSSR count). The number of nitrogens with zero attached hydrogens (tertiary/aromatic N) is 1. The van der Waals surface area contributed by atoms with Crippen LogP contribution < -0.4 is 10.6 Å². The van der Waals surface area contributed by atoms with Crippen molar-refractivity contribution in [2.45, 2.75) is 12.3 Å². The standard InChI is InChI=1S/C16H16FN3O2S/c1-3-16(2,11-4-6-12(17)7-5-11)13-10-23-15(19-13)20-14(22)18-8-9-21/h1,4-7,10,21H,8-9H2,2H3,(H2,18,19,20,22). The fourth-order valence-electron chi connectivity index (χ4n) is 1.96. The average molecular weight is 333 g/mol. The first-order valence-electron chi connectivity index (χ1n) is 6.85. The maximum atomic E-state index is 13.1. The van der Waals surface area contributed by atoms with E-state index in [2.05, 4.69) is 21.5 Å². The number of benzene rings is 1. The second kappa shape index (κ2) is 7.22. The molecule has 0 saturated carbocycles. The van der Waals surface area contributed by atoms with Gasteiger partial charge in [0.2, 0.25) is 0 Å². The molecule has 5 nitrogen and oxygen atoms in total. The number of carbonyl (C=O) groups excluding carboxylic acids is 1. The molecule has 23 heavy (non-hydrogen) atoms. The lowest BCUT2D eigenvalue weighted by molar-refractivity contribution is 0.245. The third kappa shape index (κ3) is 3.86. The van der Waals surface area contributed by atoms with Crippen molar-refractivity contribution in [3.05, 3.63) is 46.7 Å². The molecule has 0 radical (unpaired) electrons. The zero-order chi connectivity index (χ0) is 16.9. The number of amides is 2. The van der Waals surface area contributed by atoms with Crippen LogP contribution in [0.3, 0.4) is 0 Å². The van der Waals surface area contributed by atoms with Crippen molar-refractivity contribution in [2.24, 2.45) is 0 Å². The quantitative estimate of drug-likeness (QED) is 0.735. The number of terminal acetylenes is 1. The van der Waals surface area contributed by atoms with Crippen LogP contribution in [0.25, 0.3) is 0 Å². The Morgan fingerprint density at radius 3 is 2.78 bits per heavy atom. The summed E-state index contributed by atoms with van der Waals surface area (Å²) in [5.41, 5.74) is 0.503. The van der Waals surface area contributed by atoms with E-state index in [1.54, 1.807) is 17.5 Å². The Kier molecular flexibility index (Phi) is 5.32. The van der Waals surface area contributed by atoms with Gasteiger partial charge >= 0.3 is 6.03 Å². The summed E-state index contributed by atoms with van der Waals surface area (Å²) in [7, 11) is 0. The molecule has 0 aliphatic rings. The van der Waals surface area contributed by atoms with Gasteiger partial charge in [-0.15, -0.1) is 17.8 Å². The van der Waals surface area contributed by atoms with E-state index < -0.39 is 11.4 Å². The van der Waals surface area contributed by atoms with E-state index in [1.165, 1.54) is 23.5 Å². The molecule has 1 unspecified atom stereocenters. The van der Waals surface area contributed by atoms with Crippen molar-refractivity contribution in [3.8, 4) is 12.3 Å². The molecule has 3 N–H and O–H groups in total. The number of halogens is 1. The van der Waals surface area contributed by atoms with Crippen LogP contribution in [0.4, 0.5) is 14.3 Å². The number of nitrogens with one attached hydrogen (secondary N) is 2. The number of carbonyl (C=O) groups is 1. The predicted molar refractivity (Wildman–Crippen MR) is 87.9 cm³/mol. The Morgan fingerprint density at radius 1 is 1.48 bits per heavy atom. The second-order valence-corrected chi connectivity index (χ2v) is 5.78. The Labute approximate surface area is 137 Å². The van der Waals surface area contributed by atoms with Gasteiger partial charge in [0.05, 0.1) is 17.7 Å². The van der Waals surface area contributed by atoms with Crippen molar-refractivity contribution < 1.29 is 14.3 Å². The molecule has 0 fully saturated rings.